The molecule has 0 rings (SSSR count). The zero-order chi connectivity index (χ0) is 6.95. The minimum absolute atomic E-state index is 0.343. The molecular formula is C6H12N2O. The van der Waals surface area contributed by atoms with E-state index in [4.69, 9.17) is 17.0 Å². The number of unbranched alkanes of at least 4 members (excludes halogenated alkanes) is 1. The van der Waals surface area contributed by atoms with E-state index in [1.165, 1.54) is 0 Å². The molecule has 0 spiro atoms. The summed E-state index contributed by atoms with van der Waals surface area (Å²) in [6.07, 6.45) is 6.63. The third-order valence-electron chi connectivity index (χ3n) is 0.753. The average molecular weight is 128 g/mol. The number of terminal acetylenes is 1. The molecule has 0 fully saturated rings. The summed E-state index contributed by atoms with van der Waals surface area (Å²) in [4.78, 5) is 4.81. The SMILES string of the molecule is C#CCCCONCN. The van der Waals surface area contributed by atoms with Crippen molar-refractivity contribution in [1.82, 2.24) is 5.48 Å². The Morgan fingerprint density at radius 3 is 3.00 bits per heavy atom. The molecule has 0 radical (unpaired) electrons. The molecule has 0 saturated carbocycles. The molecule has 0 saturated heterocycles. The van der Waals surface area contributed by atoms with Crippen molar-refractivity contribution in [3.63, 3.8) is 0 Å². The first kappa shape index (κ1) is 8.44. The first-order chi connectivity index (χ1) is 4.41. The van der Waals surface area contributed by atoms with Crippen molar-refractivity contribution in [3.8, 4) is 12.3 Å². The summed E-state index contributed by atoms with van der Waals surface area (Å²) >= 11 is 0. The molecule has 0 aliphatic carbocycles. The van der Waals surface area contributed by atoms with Crippen LogP contribution in [0.1, 0.15) is 12.8 Å². The molecule has 0 aromatic rings. The molecule has 3 nitrogen and oxygen atoms in total. The number of rotatable bonds is 5. The van der Waals surface area contributed by atoms with E-state index in [2.05, 4.69) is 11.4 Å². The van der Waals surface area contributed by atoms with Gasteiger partial charge in [-0.1, -0.05) is 0 Å². The van der Waals surface area contributed by atoms with E-state index in [0.717, 1.165) is 12.8 Å². The van der Waals surface area contributed by atoms with Crippen LogP contribution in [0.15, 0.2) is 0 Å². The zero-order valence-corrected chi connectivity index (χ0v) is 5.39. The van der Waals surface area contributed by atoms with Gasteiger partial charge in [-0.15, -0.1) is 12.3 Å². The van der Waals surface area contributed by atoms with Gasteiger partial charge in [0.1, 0.15) is 0 Å². The number of nitrogens with one attached hydrogen (secondary N) is 1. The number of hydrogen-bond acceptors (Lipinski definition) is 3. The van der Waals surface area contributed by atoms with Crippen molar-refractivity contribution in [1.29, 1.82) is 0 Å². The molecule has 3 heteroatoms. The van der Waals surface area contributed by atoms with Crippen molar-refractivity contribution in [2.45, 2.75) is 12.8 Å². The third kappa shape index (κ3) is 7.44. The van der Waals surface area contributed by atoms with Crippen molar-refractivity contribution in [2.75, 3.05) is 13.3 Å². The van der Waals surface area contributed by atoms with Crippen molar-refractivity contribution < 1.29 is 4.84 Å². The maximum atomic E-state index is 5.07. The van der Waals surface area contributed by atoms with Gasteiger partial charge >= 0.3 is 0 Å². The van der Waals surface area contributed by atoms with Gasteiger partial charge < -0.3 is 10.6 Å². The lowest BCUT2D eigenvalue weighted by molar-refractivity contribution is 0.0419. The lowest BCUT2D eigenvalue weighted by Crippen LogP contribution is -2.22. The molecule has 0 aliphatic heterocycles. The van der Waals surface area contributed by atoms with E-state index in [-0.39, 0.29) is 0 Å². The summed E-state index contributed by atoms with van der Waals surface area (Å²) < 4.78 is 0. The first-order valence-electron chi connectivity index (χ1n) is 2.90. The summed E-state index contributed by atoms with van der Waals surface area (Å²) in [6, 6.07) is 0. The van der Waals surface area contributed by atoms with Gasteiger partial charge in [0.05, 0.1) is 13.3 Å². The van der Waals surface area contributed by atoms with Crippen LogP contribution in [0, 0.1) is 12.3 Å². The Labute approximate surface area is 55.5 Å². The molecule has 0 unspecified atom stereocenters. The maximum absolute atomic E-state index is 5.07. The van der Waals surface area contributed by atoms with E-state index < -0.39 is 0 Å². The fourth-order valence-corrected chi connectivity index (χ4v) is 0.377. The molecule has 3 N–H and O–H groups in total. The van der Waals surface area contributed by atoms with Gasteiger partial charge in [-0.05, 0) is 6.42 Å². The van der Waals surface area contributed by atoms with Gasteiger partial charge in [-0.3, -0.25) is 0 Å². The first-order valence-corrected chi connectivity index (χ1v) is 2.90. The van der Waals surface area contributed by atoms with Crippen molar-refractivity contribution in [2.24, 2.45) is 5.73 Å². The van der Waals surface area contributed by atoms with E-state index in [9.17, 15) is 0 Å². The second kappa shape index (κ2) is 7.44. The molecule has 0 amide bonds. The minimum Gasteiger partial charge on any atom is -0.317 e. The van der Waals surface area contributed by atoms with Gasteiger partial charge in [-0.25, -0.2) is 0 Å². The van der Waals surface area contributed by atoms with Gasteiger partial charge in [0, 0.05) is 6.42 Å². The molecular weight excluding hydrogens is 116 g/mol. The fourth-order valence-electron chi connectivity index (χ4n) is 0.377. The van der Waals surface area contributed by atoms with Crippen LogP contribution in [0.5, 0.6) is 0 Å². The maximum Gasteiger partial charge on any atom is 0.0691 e. The average Bonchev–Trinajstić information content (AvgIpc) is 1.89. The van der Waals surface area contributed by atoms with Crippen LogP contribution in [0.2, 0.25) is 0 Å². The second-order valence-corrected chi connectivity index (χ2v) is 1.50. The van der Waals surface area contributed by atoms with E-state index in [0.29, 0.717) is 13.3 Å². The molecule has 0 aromatic heterocycles. The Balaban J connectivity index is 2.69. The van der Waals surface area contributed by atoms with Crippen molar-refractivity contribution >= 4 is 0 Å². The summed E-state index contributed by atoms with van der Waals surface area (Å²) in [6.45, 7) is 0.970. The van der Waals surface area contributed by atoms with Gasteiger partial charge in [0.2, 0.25) is 0 Å². The number of hydrogen-bond donors (Lipinski definition) is 2. The quantitative estimate of drug-likeness (QED) is 0.234. The molecule has 52 valence electrons. The zero-order valence-electron chi connectivity index (χ0n) is 5.39. The Bertz CT molecular complexity index is 87.5. The Morgan fingerprint density at radius 1 is 1.67 bits per heavy atom. The standard InChI is InChI=1S/C6H12N2O/c1-2-3-4-5-9-8-6-7/h1,8H,3-7H2. The Kier molecular flexibility index (Phi) is 6.98. The van der Waals surface area contributed by atoms with Crippen LogP contribution in [-0.4, -0.2) is 13.3 Å². The highest BCUT2D eigenvalue weighted by Crippen LogP contribution is 1.83. The van der Waals surface area contributed by atoms with Crippen LogP contribution < -0.4 is 11.2 Å². The highest BCUT2D eigenvalue weighted by Gasteiger charge is 1.82. The van der Waals surface area contributed by atoms with E-state index >= 15 is 0 Å². The van der Waals surface area contributed by atoms with Gasteiger partial charge in [0.25, 0.3) is 0 Å². The predicted octanol–water partition coefficient (Wildman–Crippen LogP) is -0.163. The largest absolute Gasteiger partial charge is 0.317 e. The third-order valence-corrected chi connectivity index (χ3v) is 0.753. The molecule has 0 heterocycles. The summed E-state index contributed by atoms with van der Waals surface area (Å²) in [5, 5.41) is 0. The smallest absolute Gasteiger partial charge is 0.0691 e. The molecule has 0 aliphatic rings. The van der Waals surface area contributed by atoms with Crippen LogP contribution in [0.25, 0.3) is 0 Å². The van der Waals surface area contributed by atoms with Crippen LogP contribution in [-0.2, 0) is 4.84 Å². The minimum atomic E-state index is 0.343. The van der Waals surface area contributed by atoms with E-state index in [1.807, 2.05) is 0 Å². The fraction of sp³-hybridized carbons (Fsp3) is 0.667. The number of nitrogens with two attached hydrogens (primary N) is 1. The van der Waals surface area contributed by atoms with Crippen molar-refractivity contribution in [3.05, 3.63) is 0 Å². The molecule has 0 bridgehead atoms. The normalized spacial score (nSPS) is 8.89. The highest BCUT2D eigenvalue weighted by atomic mass is 16.6. The van der Waals surface area contributed by atoms with E-state index in [1.54, 1.807) is 0 Å². The van der Waals surface area contributed by atoms with Gasteiger partial charge in [-0.2, -0.15) is 5.48 Å². The van der Waals surface area contributed by atoms with Gasteiger partial charge in [0.15, 0.2) is 0 Å². The highest BCUT2D eigenvalue weighted by molar-refractivity contribution is 4.82. The lowest BCUT2D eigenvalue weighted by atomic mass is 10.3. The van der Waals surface area contributed by atoms with Crippen LogP contribution in [0.4, 0.5) is 0 Å². The van der Waals surface area contributed by atoms with Crippen LogP contribution in [0.3, 0.4) is 0 Å². The summed E-state index contributed by atoms with van der Waals surface area (Å²) in [5.41, 5.74) is 7.58. The Morgan fingerprint density at radius 2 is 2.44 bits per heavy atom. The summed E-state index contributed by atoms with van der Waals surface area (Å²) in [7, 11) is 0. The second-order valence-electron chi connectivity index (χ2n) is 1.50. The Hall–Kier alpha value is -0.560. The topological polar surface area (TPSA) is 47.3 Å². The summed E-state index contributed by atoms with van der Waals surface area (Å²) in [5.74, 6) is 2.51. The molecule has 9 heavy (non-hydrogen) atoms. The molecule has 0 atom stereocenters. The monoisotopic (exact) mass is 128 g/mol. The number of hydroxylamine groups is 1. The predicted molar refractivity (Wildman–Crippen MR) is 36.2 cm³/mol. The van der Waals surface area contributed by atoms with Crippen LogP contribution >= 0.6 is 0 Å². The lowest BCUT2D eigenvalue weighted by Gasteiger charge is -1.99. The molecule has 0 aromatic carbocycles.